The SMILES string of the molecule is CC(C)=CC(=O)N1CCCC(CCCN2CCc3ccccc3C2)(c2ccc(Cl)c(Cl)c2)C1. The zero-order valence-electron chi connectivity index (χ0n) is 19.7. The molecule has 2 aromatic carbocycles. The molecule has 0 bridgehead atoms. The summed E-state index contributed by atoms with van der Waals surface area (Å²) in [5, 5.41) is 1.17. The van der Waals surface area contributed by atoms with E-state index in [0.29, 0.717) is 10.0 Å². The van der Waals surface area contributed by atoms with Crippen LogP contribution in [-0.2, 0) is 23.2 Å². The van der Waals surface area contributed by atoms with Gasteiger partial charge in [-0.1, -0.05) is 59.1 Å². The molecule has 0 radical (unpaired) electrons. The summed E-state index contributed by atoms with van der Waals surface area (Å²) in [6.07, 6.45) is 7.07. The van der Waals surface area contributed by atoms with Gasteiger partial charge in [0.2, 0.25) is 5.91 Å². The van der Waals surface area contributed by atoms with E-state index in [1.165, 1.54) is 16.7 Å². The van der Waals surface area contributed by atoms with Gasteiger partial charge in [-0.15, -0.1) is 0 Å². The minimum absolute atomic E-state index is 0.0919. The van der Waals surface area contributed by atoms with Gasteiger partial charge in [-0.2, -0.15) is 0 Å². The molecule has 4 rings (SSSR count). The van der Waals surface area contributed by atoms with Gasteiger partial charge in [-0.05, 0) is 81.3 Å². The minimum atomic E-state index is -0.0919. The molecule has 1 fully saturated rings. The van der Waals surface area contributed by atoms with E-state index >= 15 is 0 Å². The Labute approximate surface area is 208 Å². The second kappa shape index (κ2) is 10.6. The topological polar surface area (TPSA) is 23.6 Å². The highest BCUT2D eigenvalue weighted by atomic mass is 35.5. The highest BCUT2D eigenvalue weighted by Gasteiger charge is 2.38. The van der Waals surface area contributed by atoms with Crippen LogP contribution in [0.5, 0.6) is 0 Å². The standard InChI is InChI=1S/C28H34Cl2N2O/c1-21(2)17-27(33)32-15-6-13-28(20-32,24-9-10-25(29)26(30)18-24)12-5-14-31-16-11-22-7-3-4-8-23(22)19-31/h3-4,7-10,17-18H,5-6,11-16,19-20H2,1-2H3. The predicted molar refractivity (Wildman–Crippen MR) is 138 cm³/mol. The number of carbonyl (C=O) groups excluding carboxylic acids is 1. The molecule has 2 aliphatic rings. The number of amides is 1. The van der Waals surface area contributed by atoms with Crippen LogP contribution in [0.15, 0.2) is 54.1 Å². The van der Waals surface area contributed by atoms with Gasteiger partial charge < -0.3 is 4.90 Å². The molecule has 1 unspecified atom stereocenters. The van der Waals surface area contributed by atoms with E-state index in [-0.39, 0.29) is 11.3 Å². The van der Waals surface area contributed by atoms with Crippen LogP contribution in [0.1, 0.15) is 56.2 Å². The van der Waals surface area contributed by atoms with Crippen molar-refractivity contribution in [3.05, 3.63) is 80.8 Å². The van der Waals surface area contributed by atoms with Gasteiger partial charge in [-0.3, -0.25) is 9.69 Å². The third-order valence-electron chi connectivity index (χ3n) is 7.17. The maximum Gasteiger partial charge on any atom is 0.246 e. The van der Waals surface area contributed by atoms with E-state index in [2.05, 4.69) is 35.2 Å². The van der Waals surface area contributed by atoms with Crippen LogP contribution >= 0.6 is 23.2 Å². The quantitative estimate of drug-likeness (QED) is 0.428. The van der Waals surface area contributed by atoms with Crippen LogP contribution in [-0.4, -0.2) is 41.9 Å². The highest BCUT2D eigenvalue weighted by Crippen LogP contribution is 2.40. The lowest BCUT2D eigenvalue weighted by atomic mass is 9.71. The van der Waals surface area contributed by atoms with Gasteiger partial charge in [-0.25, -0.2) is 0 Å². The molecule has 1 atom stereocenters. The van der Waals surface area contributed by atoms with E-state index in [1.807, 2.05) is 30.9 Å². The molecule has 0 aromatic heterocycles. The number of rotatable bonds is 6. The van der Waals surface area contributed by atoms with Crippen molar-refractivity contribution in [1.29, 1.82) is 0 Å². The third-order valence-corrected chi connectivity index (χ3v) is 7.91. The third kappa shape index (κ3) is 5.82. The second-order valence-corrected chi connectivity index (χ2v) is 10.7. The van der Waals surface area contributed by atoms with Gasteiger partial charge in [0.25, 0.3) is 0 Å². The molecule has 0 spiro atoms. The van der Waals surface area contributed by atoms with Gasteiger partial charge in [0.1, 0.15) is 0 Å². The van der Waals surface area contributed by atoms with E-state index in [9.17, 15) is 4.79 Å². The minimum Gasteiger partial charge on any atom is -0.338 e. The number of allylic oxidation sites excluding steroid dienone is 1. The maximum atomic E-state index is 12.9. The molecule has 0 N–H and O–H groups in total. The second-order valence-electron chi connectivity index (χ2n) is 9.89. The number of halogens is 2. The predicted octanol–water partition coefficient (Wildman–Crippen LogP) is 6.66. The van der Waals surface area contributed by atoms with Crippen molar-refractivity contribution in [2.75, 3.05) is 26.2 Å². The van der Waals surface area contributed by atoms with Crippen LogP contribution in [0.4, 0.5) is 0 Å². The molecule has 2 heterocycles. The summed E-state index contributed by atoms with van der Waals surface area (Å²) in [7, 11) is 0. The molecule has 5 heteroatoms. The number of piperidine rings is 1. The average molecular weight is 485 g/mol. The van der Waals surface area contributed by atoms with Gasteiger partial charge >= 0.3 is 0 Å². The number of carbonyl (C=O) groups is 1. The fraction of sp³-hybridized carbons (Fsp3) is 0.464. The number of hydrogen-bond acceptors (Lipinski definition) is 2. The summed E-state index contributed by atoms with van der Waals surface area (Å²) in [4.78, 5) is 17.5. The number of nitrogens with zero attached hydrogens (tertiary/aromatic N) is 2. The van der Waals surface area contributed by atoms with E-state index in [0.717, 1.165) is 70.4 Å². The summed E-state index contributed by atoms with van der Waals surface area (Å²) >= 11 is 12.7. The molecule has 0 aliphatic carbocycles. The van der Waals surface area contributed by atoms with Crippen molar-refractivity contribution < 1.29 is 4.79 Å². The molecule has 3 nitrogen and oxygen atoms in total. The van der Waals surface area contributed by atoms with Gasteiger partial charge in [0.15, 0.2) is 0 Å². The Hall–Kier alpha value is -1.81. The Morgan fingerprint density at radius 2 is 1.85 bits per heavy atom. The largest absolute Gasteiger partial charge is 0.338 e. The number of likely N-dealkylation sites (tertiary alicyclic amines) is 1. The first-order valence-corrected chi connectivity index (χ1v) is 12.8. The Kier molecular flexibility index (Phi) is 7.83. The Morgan fingerprint density at radius 1 is 1.06 bits per heavy atom. The van der Waals surface area contributed by atoms with Crippen molar-refractivity contribution in [3.8, 4) is 0 Å². The smallest absolute Gasteiger partial charge is 0.246 e. The van der Waals surface area contributed by atoms with E-state index in [1.54, 1.807) is 6.08 Å². The molecular weight excluding hydrogens is 451 g/mol. The van der Waals surface area contributed by atoms with Crippen molar-refractivity contribution in [2.45, 2.75) is 57.9 Å². The number of hydrogen-bond donors (Lipinski definition) is 0. The summed E-state index contributed by atoms with van der Waals surface area (Å²) in [5.74, 6) is 0.117. The van der Waals surface area contributed by atoms with Crippen LogP contribution < -0.4 is 0 Å². The molecule has 2 aliphatic heterocycles. The van der Waals surface area contributed by atoms with E-state index in [4.69, 9.17) is 23.2 Å². The zero-order valence-corrected chi connectivity index (χ0v) is 21.3. The Bertz CT molecular complexity index is 1030. The highest BCUT2D eigenvalue weighted by molar-refractivity contribution is 6.42. The number of benzene rings is 2. The summed E-state index contributed by atoms with van der Waals surface area (Å²) in [6, 6.07) is 14.8. The summed E-state index contributed by atoms with van der Waals surface area (Å²) in [5.41, 5.74) is 5.10. The Morgan fingerprint density at radius 3 is 2.61 bits per heavy atom. The average Bonchev–Trinajstić information content (AvgIpc) is 2.80. The fourth-order valence-corrected chi connectivity index (χ4v) is 5.75. The van der Waals surface area contributed by atoms with Crippen LogP contribution in [0.2, 0.25) is 10.0 Å². The molecule has 0 saturated carbocycles. The van der Waals surface area contributed by atoms with Crippen molar-refractivity contribution in [1.82, 2.24) is 9.80 Å². The first-order valence-electron chi connectivity index (χ1n) is 12.0. The lowest BCUT2D eigenvalue weighted by Gasteiger charge is -2.44. The molecule has 176 valence electrons. The van der Waals surface area contributed by atoms with Gasteiger partial charge in [0.05, 0.1) is 10.0 Å². The summed E-state index contributed by atoms with van der Waals surface area (Å²) in [6.45, 7) is 8.71. The zero-order chi connectivity index (χ0) is 23.4. The first-order chi connectivity index (χ1) is 15.9. The van der Waals surface area contributed by atoms with Crippen molar-refractivity contribution >= 4 is 29.1 Å². The normalized spacial score (nSPS) is 20.9. The molecule has 33 heavy (non-hydrogen) atoms. The van der Waals surface area contributed by atoms with E-state index < -0.39 is 0 Å². The van der Waals surface area contributed by atoms with Crippen LogP contribution in [0, 0.1) is 0 Å². The van der Waals surface area contributed by atoms with Gasteiger partial charge in [0, 0.05) is 37.7 Å². The summed E-state index contributed by atoms with van der Waals surface area (Å²) < 4.78 is 0. The molecular formula is C28H34Cl2N2O. The maximum absolute atomic E-state index is 12.9. The number of fused-ring (bicyclic) bond motifs is 1. The lowest BCUT2D eigenvalue weighted by Crippen LogP contribution is -2.48. The van der Waals surface area contributed by atoms with Crippen molar-refractivity contribution in [2.24, 2.45) is 0 Å². The Balaban J connectivity index is 1.50. The lowest BCUT2D eigenvalue weighted by molar-refractivity contribution is -0.128. The van der Waals surface area contributed by atoms with Crippen LogP contribution in [0.25, 0.3) is 0 Å². The van der Waals surface area contributed by atoms with Crippen LogP contribution in [0.3, 0.4) is 0 Å². The molecule has 1 amide bonds. The fourth-order valence-electron chi connectivity index (χ4n) is 5.45. The molecule has 2 aromatic rings. The molecule has 1 saturated heterocycles. The monoisotopic (exact) mass is 484 g/mol. The van der Waals surface area contributed by atoms with Crippen molar-refractivity contribution in [3.63, 3.8) is 0 Å². The first kappa shape index (κ1) is 24.3.